The fraction of sp³-hybridized carbons (Fsp3) is 0.0769. The Kier molecular flexibility index (Phi) is 2.80. The van der Waals surface area contributed by atoms with Crippen molar-refractivity contribution in [2.45, 2.75) is 6.92 Å². The van der Waals surface area contributed by atoms with Gasteiger partial charge in [-0.25, -0.2) is 9.66 Å². The smallest absolute Gasteiger partial charge is 0.290 e. The van der Waals surface area contributed by atoms with E-state index in [2.05, 4.69) is 4.98 Å². The van der Waals surface area contributed by atoms with Gasteiger partial charge in [0.05, 0.1) is 5.52 Å². The summed E-state index contributed by atoms with van der Waals surface area (Å²) < 4.78 is 1.67. The first-order valence-corrected chi connectivity index (χ1v) is 6.85. The van der Waals surface area contributed by atoms with Crippen LogP contribution < -0.4 is 11.4 Å². The molecule has 1 aromatic carbocycles. The van der Waals surface area contributed by atoms with Crippen LogP contribution in [-0.2, 0) is 0 Å². The van der Waals surface area contributed by atoms with Crippen molar-refractivity contribution >= 4 is 33.2 Å². The molecular weight excluding hydrogens is 282 g/mol. The molecule has 2 aromatic heterocycles. The molecule has 96 valence electrons. The summed E-state index contributed by atoms with van der Waals surface area (Å²) >= 11 is 7.22. The molecule has 0 saturated heterocycles. The maximum absolute atomic E-state index is 12.2. The summed E-state index contributed by atoms with van der Waals surface area (Å²) in [5.74, 6) is 6.28. The monoisotopic (exact) mass is 291 g/mol. The molecule has 3 rings (SSSR count). The highest BCUT2D eigenvalue weighted by Gasteiger charge is 2.13. The van der Waals surface area contributed by atoms with Gasteiger partial charge in [0.1, 0.15) is 4.70 Å². The van der Waals surface area contributed by atoms with E-state index >= 15 is 0 Å². The largest absolute Gasteiger partial charge is 0.334 e. The van der Waals surface area contributed by atoms with E-state index in [1.807, 2.05) is 12.3 Å². The number of fused-ring (bicyclic) bond motifs is 1. The van der Waals surface area contributed by atoms with Crippen molar-refractivity contribution in [3.05, 3.63) is 50.6 Å². The molecule has 0 amide bonds. The van der Waals surface area contributed by atoms with E-state index in [4.69, 9.17) is 17.4 Å². The van der Waals surface area contributed by atoms with Crippen LogP contribution in [0.2, 0.25) is 5.02 Å². The maximum atomic E-state index is 12.2. The van der Waals surface area contributed by atoms with Crippen LogP contribution in [0.25, 0.3) is 21.6 Å². The molecule has 0 aliphatic rings. The average Bonchev–Trinajstić information content (AvgIpc) is 2.77. The molecule has 0 aliphatic carbocycles. The number of nitrogen functional groups attached to an aromatic ring is 1. The Morgan fingerprint density at radius 3 is 2.68 bits per heavy atom. The average molecular weight is 292 g/mol. The van der Waals surface area contributed by atoms with Crippen molar-refractivity contribution < 1.29 is 0 Å². The Morgan fingerprint density at radius 2 is 2.00 bits per heavy atom. The Morgan fingerprint density at radius 1 is 1.32 bits per heavy atom. The van der Waals surface area contributed by atoms with Crippen LogP contribution in [0.4, 0.5) is 0 Å². The molecule has 4 nitrogen and oxygen atoms in total. The third kappa shape index (κ3) is 1.91. The number of halogens is 1. The maximum Gasteiger partial charge on any atom is 0.290 e. The molecular formula is C13H10ClN3OS. The standard InChI is InChI=1S/C13H10ClN3OS/c1-7-6-19-11-10(7)16-12(17(15)13(11)18)8-2-4-9(14)5-3-8/h2-6H,15H2,1H3. The van der Waals surface area contributed by atoms with Gasteiger partial charge in [0.2, 0.25) is 0 Å². The summed E-state index contributed by atoms with van der Waals surface area (Å²) in [6, 6.07) is 7.07. The first-order chi connectivity index (χ1) is 9.08. The van der Waals surface area contributed by atoms with Crippen molar-refractivity contribution in [3.8, 4) is 11.4 Å². The fourth-order valence-electron chi connectivity index (χ4n) is 1.90. The zero-order chi connectivity index (χ0) is 13.6. The van der Waals surface area contributed by atoms with Gasteiger partial charge in [0, 0.05) is 10.6 Å². The van der Waals surface area contributed by atoms with Crippen LogP contribution in [0.15, 0.2) is 34.4 Å². The second-order valence-corrected chi connectivity index (χ2v) is 5.53. The highest BCUT2D eigenvalue weighted by Crippen LogP contribution is 2.24. The van der Waals surface area contributed by atoms with E-state index in [1.54, 1.807) is 24.3 Å². The van der Waals surface area contributed by atoms with E-state index in [0.29, 0.717) is 21.1 Å². The third-order valence-electron chi connectivity index (χ3n) is 2.90. The number of benzene rings is 1. The molecule has 2 heterocycles. The predicted octanol–water partition coefficient (Wildman–Crippen LogP) is 2.80. The summed E-state index contributed by atoms with van der Waals surface area (Å²) in [6.45, 7) is 1.93. The van der Waals surface area contributed by atoms with Crippen LogP contribution >= 0.6 is 22.9 Å². The van der Waals surface area contributed by atoms with E-state index in [-0.39, 0.29) is 5.56 Å². The molecule has 3 aromatic rings. The van der Waals surface area contributed by atoms with Crippen LogP contribution in [0.3, 0.4) is 0 Å². The summed E-state index contributed by atoms with van der Waals surface area (Å²) in [4.78, 5) is 16.7. The SMILES string of the molecule is Cc1csc2c(=O)n(N)c(-c3ccc(Cl)cc3)nc12. The second kappa shape index (κ2) is 4.36. The number of nitrogens with zero attached hydrogens (tertiary/aromatic N) is 2. The Balaban J connectivity index is 2.35. The fourth-order valence-corrected chi connectivity index (χ4v) is 2.95. The van der Waals surface area contributed by atoms with E-state index < -0.39 is 0 Å². The Bertz CT molecular complexity index is 820. The molecule has 19 heavy (non-hydrogen) atoms. The van der Waals surface area contributed by atoms with Gasteiger partial charge in [-0.3, -0.25) is 4.79 Å². The van der Waals surface area contributed by atoms with Gasteiger partial charge >= 0.3 is 0 Å². The first-order valence-electron chi connectivity index (χ1n) is 5.60. The number of aryl methyl sites for hydroxylation is 1. The number of nitrogens with two attached hydrogens (primary N) is 1. The lowest BCUT2D eigenvalue weighted by atomic mass is 10.2. The van der Waals surface area contributed by atoms with Crippen molar-refractivity contribution in [2.75, 3.05) is 5.84 Å². The van der Waals surface area contributed by atoms with Gasteiger partial charge in [0.25, 0.3) is 5.56 Å². The van der Waals surface area contributed by atoms with Crippen LogP contribution in [0, 0.1) is 6.92 Å². The van der Waals surface area contributed by atoms with Crippen LogP contribution in [-0.4, -0.2) is 9.66 Å². The second-order valence-electron chi connectivity index (χ2n) is 4.21. The summed E-state index contributed by atoms with van der Waals surface area (Å²) in [6.07, 6.45) is 0. The molecule has 0 radical (unpaired) electrons. The Labute approximate surface area is 118 Å². The molecule has 0 fully saturated rings. The summed E-state index contributed by atoms with van der Waals surface area (Å²) in [5, 5.41) is 2.53. The number of aromatic nitrogens is 2. The van der Waals surface area contributed by atoms with E-state index in [9.17, 15) is 4.79 Å². The minimum Gasteiger partial charge on any atom is -0.334 e. The highest BCUT2D eigenvalue weighted by molar-refractivity contribution is 7.17. The van der Waals surface area contributed by atoms with Gasteiger partial charge < -0.3 is 5.84 Å². The zero-order valence-corrected chi connectivity index (χ0v) is 11.6. The summed E-state index contributed by atoms with van der Waals surface area (Å²) in [7, 11) is 0. The quantitative estimate of drug-likeness (QED) is 0.701. The molecule has 2 N–H and O–H groups in total. The van der Waals surface area contributed by atoms with Crippen molar-refractivity contribution in [1.29, 1.82) is 0 Å². The van der Waals surface area contributed by atoms with Crippen LogP contribution in [0.1, 0.15) is 5.56 Å². The summed E-state index contributed by atoms with van der Waals surface area (Å²) in [5.41, 5.74) is 2.22. The molecule has 0 saturated carbocycles. The number of hydrogen-bond donors (Lipinski definition) is 1. The highest BCUT2D eigenvalue weighted by atomic mass is 35.5. The Hall–Kier alpha value is -1.85. The molecule has 0 spiro atoms. The van der Waals surface area contributed by atoms with Gasteiger partial charge in [0.15, 0.2) is 5.82 Å². The molecule has 0 bridgehead atoms. The lowest BCUT2D eigenvalue weighted by molar-refractivity contribution is 0.929. The molecule has 6 heteroatoms. The van der Waals surface area contributed by atoms with Crippen LogP contribution in [0.5, 0.6) is 0 Å². The predicted molar refractivity (Wildman–Crippen MR) is 79.2 cm³/mol. The molecule has 0 atom stereocenters. The molecule has 0 aliphatic heterocycles. The van der Waals surface area contributed by atoms with E-state index in [1.165, 1.54) is 11.3 Å². The topological polar surface area (TPSA) is 60.9 Å². The first kappa shape index (κ1) is 12.2. The number of rotatable bonds is 1. The van der Waals surface area contributed by atoms with Gasteiger partial charge in [-0.15, -0.1) is 11.3 Å². The lowest BCUT2D eigenvalue weighted by Crippen LogP contribution is -2.29. The van der Waals surface area contributed by atoms with Gasteiger partial charge in [-0.2, -0.15) is 0 Å². The number of hydrogen-bond acceptors (Lipinski definition) is 4. The minimum atomic E-state index is -0.229. The van der Waals surface area contributed by atoms with Crippen molar-refractivity contribution in [2.24, 2.45) is 0 Å². The van der Waals surface area contributed by atoms with Gasteiger partial charge in [-0.1, -0.05) is 11.6 Å². The molecule has 0 unspecified atom stereocenters. The number of thiophene rings is 1. The third-order valence-corrected chi connectivity index (χ3v) is 4.23. The minimum absolute atomic E-state index is 0.229. The lowest BCUT2D eigenvalue weighted by Gasteiger charge is -2.07. The van der Waals surface area contributed by atoms with Crippen molar-refractivity contribution in [1.82, 2.24) is 9.66 Å². The normalized spacial score (nSPS) is 11.1. The van der Waals surface area contributed by atoms with Crippen molar-refractivity contribution in [3.63, 3.8) is 0 Å². The zero-order valence-electron chi connectivity index (χ0n) is 10.1. The van der Waals surface area contributed by atoms with E-state index in [0.717, 1.165) is 15.8 Å². The van der Waals surface area contributed by atoms with Gasteiger partial charge in [-0.05, 0) is 42.1 Å².